The molecule has 8 nitrogen and oxygen atoms in total. The van der Waals surface area contributed by atoms with Gasteiger partial charge in [-0.25, -0.2) is 5.43 Å². The molecular formula is C30H24BrN7OS. The van der Waals surface area contributed by atoms with Crippen LogP contribution in [0.1, 0.15) is 12.5 Å². The van der Waals surface area contributed by atoms with E-state index in [1.165, 1.54) is 33.6 Å². The third kappa shape index (κ3) is 5.15. The summed E-state index contributed by atoms with van der Waals surface area (Å²) in [6.07, 6.45) is 5.13. The second kappa shape index (κ2) is 11.4. The lowest BCUT2D eigenvalue weighted by Crippen LogP contribution is -2.20. The molecule has 0 aliphatic rings. The van der Waals surface area contributed by atoms with E-state index in [2.05, 4.69) is 89.5 Å². The van der Waals surface area contributed by atoms with Gasteiger partial charge >= 0.3 is 0 Å². The molecule has 0 fully saturated rings. The molecule has 10 heteroatoms. The lowest BCUT2D eigenvalue weighted by Gasteiger charge is -2.10. The fourth-order valence-electron chi connectivity index (χ4n) is 4.70. The molecule has 0 saturated carbocycles. The molecule has 1 amide bonds. The first-order valence-electron chi connectivity index (χ1n) is 12.7. The van der Waals surface area contributed by atoms with E-state index in [0.717, 1.165) is 27.8 Å². The number of carbonyl (C=O) groups excluding carboxylic acids is 1. The molecule has 3 aromatic heterocycles. The number of rotatable bonds is 8. The van der Waals surface area contributed by atoms with Crippen LogP contribution >= 0.6 is 27.7 Å². The number of hydrazone groups is 1. The minimum atomic E-state index is -0.238. The van der Waals surface area contributed by atoms with Gasteiger partial charge in [0, 0.05) is 56.5 Å². The highest BCUT2D eigenvalue weighted by atomic mass is 79.9. The van der Waals surface area contributed by atoms with Gasteiger partial charge in [-0.05, 0) is 67.1 Å². The standard InChI is InChI=1S/C30H24BrN7OS/c1-2-37-26-8-4-3-7-24(26)25-16-20(9-14-27(25)37)17-33-34-28(39)19-40-30-36-35-29(21-6-5-15-32-18-21)38(30)23-12-10-22(31)11-13-23/h3-18H,2,19H2,1H3,(H,34,39). The van der Waals surface area contributed by atoms with E-state index in [9.17, 15) is 4.79 Å². The van der Waals surface area contributed by atoms with E-state index in [0.29, 0.717) is 11.0 Å². The lowest BCUT2D eigenvalue weighted by molar-refractivity contribution is -0.118. The van der Waals surface area contributed by atoms with Gasteiger partial charge in [-0.3, -0.25) is 14.3 Å². The Morgan fingerprint density at radius 3 is 2.62 bits per heavy atom. The second-order valence-electron chi connectivity index (χ2n) is 8.98. The van der Waals surface area contributed by atoms with Gasteiger partial charge in [-0.2, -0.15) is 5.10 Å². The number of carbonyl (C=O) groups is 1. The van der Waals surface area contributed by atoms with Crippen molar-refractivity contribution >= 4 is 61.6 Å². The minimum absolute atomic E-state index is 0.127. The van der Waals surface area contributed by atoms with E-state index in [4.69, 9.17) is 0 Å². The summed E-state index contributed by atoms with van der Waals surface area (Å²) in [6, 6.07) is 26.2. The normalized spacial score (nSPS) is 11.6. The molecule has 6 aromatic rings. The van der Waals surface area contributed by atoms with E-state index in [1.807, 2.05) is 47.0 Å². The highest BCUT2D eigenvalue weighted by Gasteiger charge is 2.17. The number of amides is 1. The first kappa shape index (κ1) is 26.0. The van der Waals surface area contributed by atoms with Crippen molar-refractivity contribution < 1.29 is 4.79 Å². The average Bonchev–Trinajstić information content (AvgIpc) is 3.56. The highest BCUT2D eigenvalue weighted by molar-refractivity contribution is 9.10. The van der Waals surface area contributed by atoms with E-state index < -0.39 is 0 Å². The van der Waals surface area contributed by atoms with Gasteiger partial charge in [0.2, 0.25) is 0 Å². The zero-order valence-corrected chi connectivity index (χ0v) is 23.9. The van der Waals surface area contributed by atoms with Crippen LogP contribution in [-0.2, 0) is 11.3 Å². The van der Waals surface area contributed by atoms with Crippen LogP contribution < -0.4 is 5.43 Å². The maximum atomic E-state index is 12.7. The molecule has 3 heterocycles. The van der Waals surface area contributed by atoms with Gasteiger partial charge in [0.05, 0.1) is 12.0 Å². The van der Waals surface area contributed by atoms with Gasteiger partial charge in [-0.1, -0.05) is 52.0 Å². The molecule has 0 bridgehead atoms. The summed E-state index contributed by atoms with van der Waals surface area (Å²) in [5.41, 5.74) is 7.66. The number of benzene rings is 3. The predicted octanol–water partition coefficient (Wildman–Crippen LogP) is 6.46. The number of pyridine rings is 1. The van der Waals surface area contributed by atoms with Crippen LogP contribution in [0.4, 0.5) is 0 Å². The summed E-state index contributed by atoms with van der Waals surface area (Å²) in [6.45, 7) is 3.04. The molecule has 0 unspecified atom stereocenters. The van der Waals surface area contributed by atoms with Crippen LogP contribution in [0.2, 0.25) is 0 Å². The SMILES string of the molecule is CCn1c2ccccc2c2cc(C=NNC(=O)CSc3nnc(-c4cccnc4)n3-c3ccc(Br)cc3)ccc21. The quantitative estimate of drug-likeness (QED) is 0.121. The predicted molar refractivity (Wildman–Crippen MR) is 164 cm³/mol. The fourth-order valence-corrected chi connectivity index (χ4v) is 5.71. The first-order valence-corrected chi connectivity index (χ1v) is 14.5. The summed E-state index contributed by atoms with van der Waals surface area (Å²) >= 11 is 4.78. The van der Waals surface area contributed by atoms with Crippen molar-refractivity contribution in [3.8, 4) is 17.1 Å². The number of nitrogens with zero attached hydrogens (tertiary/aromatic N) is 6. The summed E-state index contributed by atoms with van der Waals surface area (Å²) < 4.78 is 5.19. The summed E-state index contributed by atoms with van der Waals surface area (Å²) in [5, 5.41) is 15.9. The van der Waals surface area contributed by atoms with E-state index in [-0.39, 0.29) is 11.7 Å². The number of halogens is 1. The Morgan fingerprint density at radius 2 is 1.82 bits per heavy atom. The Bertz CT molecular complexity index is 1850. The van der Waals surface area contributed by atoms with Gasteiger partial charge in [0.15, 0.2) is 11.0 Å². The third-order valence-electron chi connectivity index (χ3n) is 6.49. The van der Waals surface area contributed by atoms with Crippen molar-refractivity contribution in [3.63, 3.8) is 0 Å². The number of nitrogens with one attached hydrogen (secondary N) is 1. The van der Waals surface area contributed by atoms with E-state index >= 15 is 0 Å². The molecule has 0 atom stereocenters. The lowest BCUT2D eigenvalue weighted by atomic mass is 10.1. The van der Waals surface area contributed by atoms with Crippen molar-refractivity contribution in [1.82, 2.24) is 29.7 Å². The molecule has 0 aliphatic carbocycles. The zero-order chi connectivity index (χ0) is 27.5. The number of aryl methyl sites for hydroxylation is 1. The minimum Gasteiger partial charge on any atom is -0.341 e. The number of para-hydroxylation sites is 1. The van der Waals surface area contributed by atoms with Crippen LogP contribution in [0, 0.1) is 0 Å². The van der Waals surface area contributed by atoms with Gasteiger partial charge in [0.1, 0.15) is 0 Å². The zero-order valence-electron chi connectivity index (χ0n) is 21.5. The molecule has 0 radical (unpaired) electrons. The van der Waals surface area contributed by atoms with Crippen molar-refractivity contribution in [3.05, 3.63) is 101 Å². The van der Waals surface area contributed by atoms with Gasteiger partial charge < -0.3 is 4.57 Å². The van der Waals surface area contributed by atoms with Crippen molar-refractivity contribution in [2.24, 2.45) is 5.10 Å². The topological polar surface area (TPSA) is 90.0 Å². The maximum Gasteiger partial charge on any atom is 0.250 e. The molecular weight excluding hydrogens is 586 g/mol. The maximum absolute atomic E-state index is 12.7. The average molecular weight is 611 g/mol. The van der Waals surface area contributed by atoms with E-state index in [1.54, 1.807) is 18.6 Å². The molecule has 198 valence electrons. The van der Waals surface area contributed by atoms with Crippen molar-refractivity contribution in [2.75, 3.05) is 5.75 Å². The smallest absolute Gasteiger partial charge is 0.250 e. The molecule has 1 N–H and O–H groups in total. The monoisotopic (exact) mass is 609 g/mol. The Balaban J connectivity index is 1.17. The molecule has 0 spiro atoms. The number of hydrogen-bond donors (Lipinski definition) is 1. The van der Waals surface area contributed by atoms with Crippen LogP contribution in [0.25, 0.3) is 38.9 Å². The van der Waals surface area contributed by atoms with Crippen LogP contribution in [0.5, 0.6) is 0 Å². The first-order chi connectivity index (χ1) is 19.6. The Hall–Kier alpha value is -4.28. The van der Waals surface area contributed by atoms with Crippen LogP contribution in [-0.4, -0.2) is 42.2 Å². The Kier molecular flexibility index (Phi) is 7.43. The summed E-state index contributed by atoms with van der Waals surface area (Å²) in [7, 11) is 0. The summed E-state index contributed by atoms with van der Waals surface area (Å²) in [5.74, 6) is 0.539. The van der Waals surface area contributed by atoms with Crippen molar-refractivity contribution in [2.45, 2.75) is 18.6 Å². The largest absolute Gasteiger partial charge is 0.341 e. The molecule has 6 rings (SSSR count). The molecule has 3 aromatic carbocycles. The molecule has 0 saturated heterocycles. The van der Waals surface area contributed by atoms with Crippen LogP contribution in [0.3, 0.4) is 0 Å². The van der Waals surface area contributed by atoms with Crippen molar-refractivity contribution in [1.29, 1.82) is 0 Å². The molecule has 40 heavy (non-hydrogen) atoms. The highest BCUT2D eigenvalue weighted by Crippen LogP contribution is 2.30. The Labute approximate surface area is 243 Å². The van der Waals surface area contributed by atoms with Gasteiger partial charge in [0.25, 0.3) is 5.91 Å². The fraction of sp³-hybridized carbons (Fsp3) is 0.100. The number of hydrogen-bond acceptors (Lipinski definition) is 6. The third-order valence-corrected chi connectivity index (χ3v) is 7.94. The number of thioether (sulfide) groups is 1. The number of aromatic nitrogens is 5. The number of fused-ring (bicyclic) bond motifs is 3. The second-order valence-corrected chi connectivity index (χ2v) is 10.8. The Morgan fingerprint density at radius 1 is 1.00 bits per heavy atom. The molecule has 0 aliphatic heterocycles. The van der Waals surface area contributed by atoms with Gasteiger partial charge in [-0.15, -0.1) is 10.2 Å². The summed E-state index contributed by atoms with van der Waals surface area (Å²) in [4.78, 5) is 16.9. The van der Waals surface area contributed by atoms with Crippen LogP contribution in [0.15, 0.2) is 106 Å².